The molecule has 0 fully saturated rings. The number of halogens is 2. The van der Waals surface area contributed by atoms with E-state index in [4.69, 9.17) is 27.9 Å². The number of hydrogen-bond acceptors (Lipinski definition) is 5. The van der Waals surface area contributed by atoms with Crippen LogP contribution in [0.3, 0.4) is 0 Å². The van der Waals surface area contributed by atoms with Crippen LogP contribution in [0.25, 0.3) is 0 Å². The van der Waals surface area contributed by atoms with E-state index < -0.39 is 28.5 Å². The summed E-state index contributed by atoms with van der Waals surface area (Å²) in [6.07, 6.45) is 0.214. The Morgan fingerprint density at radius 3 is 1.96 bits per heavy atom. The van der Waals surface area contributed by atoms with Crippen LogP contribution in [0.5, 0.6) is 5.75 Å². The molecule has 1 atom stereocenters. The molecular formula is C35H37Cl2N3O5S. The molecular weight excluding hydrogens is 645 g/mol. The van der Waals surface area contributed by atoms with Gasteiger partial charge in [-0.2, -0.15) is 0 Å². The van der Waals surface area contributed by atoms with E-state index in [1.54, 1.807) is 48.5 Å². The van der Waals surface area contributed by atoms with Crippen LogP contribution in [0.1, 0.15) is 31.9 Å². The summed E-state index contributed by atoms with van der Waals surface area (Å²) in [6, 6.07) is 27.4. The average molecular weight is 683 g/mol. The Balaban J connectivity index is 1.80. The first-order chi connectivity index (χ1) is 22.0. The number of hydrogen-bond donors (Lipinski definition) is 1. The molecule has 8 nitrogen and oxygen atoms in total. The second-order valence-electron chi connectivity index (χ2n) is 10.9. The molecule has 0 aliphatic carbocycles. The van der Waals surface area contributed by atoms with Gasteiger partial charge in [0, 0.05) is 29.1 Å². The summed E-state index contributed by atoms with van der Waals surface area (Å²) in [5, 5.41) is 3.84. The largest absolute Gasteiger partial charge is 0.494 e. The maximum Gasteiger partial charge on any atom is 0.264 e. The highest BCUT2D eigenvalue weighted by molar-refractivity contribution is 7.92. The summed E-state index contributed by atoms with van der Waals surface area (Å²) < 4.78 is 34.9. The Hall–Kier alpha value is -4.05. The van der Waals surface area contributed by atoms with Gasteiger partial charge in [0.1, 0.15) is 18.3 Å². The second-order valence-corrected chi connectivity index (χ2v) is 13.6. The summed E-state index contributed by atoms with van der Waals surface area (Å²) in [6.45, 7) is 5.43. The number of rotatable bonds is 14. The van der Waals surface area contributed by atoms with E-state index in [1.165, 1.54) is 29.2 Å². The fourth-order valence-corrected chi connectivity index (χ4v) is 6.53. The smallest absolute Gasteiger partial charge is 0.264 e. The van der Waals surface area contributed by atoms with Crippen LogP contribution in [-0.4, -0.2) is 50.4 Å². The fourth-order valence-electron chi connectivity index (χ4n) is 4.86. The molecule has 4 aromatic rings. The highest BCUT2D eigenvalue weighted by atomic mass is 35.5. The van der Waals surface area contributed by atoms with Gasteiger partial charge in [0.05, 0.1) is 17.2 Å². The Kier molecular flexibility index (Phi) is 12.1. The van der Waals surface area contributed by atoms with Gasteiger partial charge < -0.3 is 15.0 Å². The van der Waals surface area contributed by atoms with Crippen LogP contribution in [0.2, 0.25) is 10.0 Å². The molecule has 0 bridgehead atoms. The molecule has 0 aromatic heterocycles. The molecule has 0 heterocycles. The number of carbonyl (C=O) groups excluding carboxylic acids is 2. The van der Waals surface area contributed by atoms with Crippen molar-refractivity contribution in [2.24, 2.45) is 0 Å². The lowest BCUT2D eigenvalue weighted by atomic mass is 10.0. The van der Waals surface area contributed by atoms with E-state index in [0.29, 0.717) is 22.4 Å². The SMILES string of the molecule is CCOc1ccc(N(CC(=O)N(Cc2ccc(Cl)cc2)[C@@H](Cc2ccccc2)C(=O)NC(C)C)S(=O)(=O)c2ccc(Cl)cc2)cc1. The van der Waals surface area contributed by atoms with Gasteiger partial charge in [0.2, 0.25) is 11.8 Å². The van der Waals surface area contributed by atoms with Crippen LogP contribution in [0.15, 0.2) is 108 Å². The predicted molar refractivity (Wildman–Crippen MR) is 183 cm³/mol. The number of nitrogens with one attached hydrogen (secondary N) is 1. The number of benzene rings is 4. The van der Waals surface area contributed by atoms with E-state index in [-0.39, 0.29) is 35.5 Å². The molecule has 0 aliphatic rings. The van der Waals surface area contributed by atoms with Gasteiger partial charge in [-0.1, -0.05) is 65.7 Å². The Labute approximate surface area is 280 Å². The van der Waals surface area contributed by atoms with Gasteiger partial charge in [-0.25, -0.2) is 8.42 Å². The van der Waals surface area contributed by atoms with Crippen molar-refractivity contribution in [3.05, 3.63) is 124 Å². The van der Waals surface area contributed by atoms with Crippen molar-refractivity contribution in [3.63, 3.8) is 0 Å². The lowest BCUT2D eigenvalue weighted by molar-refractivity contribution is -0.140. The maximum absolute atomic E-state index is 14.5. The molecule has 46 heavy (non-hydrogen) atoms. The fraction of sp³-hybridized carbons (Fsp3) is 0.257. The molecule has 4 aromatic carbocycles. The zero-order valence-electron chi connectivity index (χ0n) is 25.9. The monoisotopic (exact) mass is 681 g/mol. The first-order valence-corrected chi connectivity index (χ1v) is 17.1. The minimum absolute atomic E-state index is 0.0388. The van der Waals surface area contributed by atoms with Crippen LogP contribution in [-0.2, 0) is 32.6 Å². The summed E-state index contributed by atoms with van der Waals surface area (Å²) in [5.74, 6) is -0.366. The van der Waals surface area contributed by atoms with Crippen LogP contribution in [0, 0.1) is 0 Å². The number of carbonyl (C=O) groups is 2. The normalized spacial score (nSPS) is 12.0. The van der Waals surface area contributed by atoms with Crippen molar-refractivity contribution in [2.45, 2.75) is 50.7 Å². The van der Waals surface area contributed by atoms with E-state index in [2.05, 4.69) is 5.32 Å². The van der Waals surface area contributed by atoms with Crippen molar-refractivity contribution in [1.29, 1.82) is 0 Å². The van der Waals surface area contributed by atoms with Crippen molar-refractivity contribution in [1.82, 2.24) is 10.2 Å². The standard InChI is InChI=1S/C35H37Cl2N3O5S/c1-4-45-31-18-16-30(17-19-31)40(46(43,44)32-20-14-29(37)15-21-32)24-34(41)39(23-27-10-12-28(36)13-11-27)33(35(42)38-25(2)3)22-26-8-6-5-7-9-26/h5-21,25,33H,4,22-24H2,1-3H3,(H,38,42)/t33-/m0/s1. The van der Waals surface area contributed by atoms with Crippen LogP contribution in [0.4, 0.5) is 5.69 Å². The molecule has 1 N–H and O–H groups in total. The highest BCUT2D eigenvalue weighted by Gasteiger charge is 2.35. The minimum Gasteiger partial charge on any atom is -0.494 e. The molecule has 0 unspecified atom stereocenters. The second kappa shape index (κ2) is 16.0. The summed E-state index contributed by atoms with van der Waals surface area (Å²) in [7, 11) is -4.26. The van der Waals surface area contributed by atoms with E-state index >= 15 is 0 Å². The van der Waals surface area contributed by atoms with Crippen molar-refractivity contribution in [2.75, 3.05) is 17.5 Å². The molecule has 4 rings (SSSR count). The Morgan fingerprint density at radius 1 is 0.804 bits per heavy atom. The zero-order chi connectivity index (χ0) is 33.3. The maximum atomic E-state index is 14.5. The quantitative estimate of drug-likeness (QED) is 0.159. The third kappa shape index (κ3) is 9.25. The van der Waals surface area contributed by atoms with E-state index in [9.17, 15) is 18.0 Å². The molecule has 0 aliphatic heterocycles. The lowest BCUT2D eigenvalue weighted by Crippen LogP contribution is -2.54. The topological polar surface area (TPSA) is 96.0 Å². The molecule has 2 amide bonds. The molecule has 0 spiro atoms. The number of ether oxygens (including phenoxy) is 1. The Morgan fingerprint density at radius 2 is 1.39 bits per heavy atom. The lowest BCUT2D eigenvalue weighted by Gasteiger charge is -2.34. The number of nitrogens with zero attached hydrogens (tertiary/aromatic N) is 2. The van der Waals surface area contributed by atoms with Crippen molar-refractivity contribution >= 4 is 50.7 Å². The number of sulfonamides is 1. The summed E-state index contributed by atoms with van der Waals surface area (Å²) in [4.78, 5) is 29.7. The summed E-state index contributed by atoms with van der Waals surface area (Å²) >= 11 is 12.2. The minimum atomic E-state index is -4.26. The van der Waals surface area contributed by atoms with Gasteiger partial charge in [-0.3, -0.25) is 13.9 Å². The first-order valence-electron chi connectivity index (χ1n) is 14.9. The third-order valence-electron chi connectivity index (χ3n) is 7.08. The Bertz CT molecular complexity index is 1700. The molecule has 0 saturated heterocycles. The van der Waals surface area contributed by atoms with Gasteiger partial charge in [0.25, 0.3) is 10.0 Å². The average Bonchev–Trinajstić information content (AvgIpc) is 3.03. The van der Waals surface area contributed by atoms with Crippen LogP contribution < -0.4 is 14.4 Å². The number of amides is 2. The number of anilines is 1. The van der Waals surface area contributed by atoms with Gasteiger partial charge >= 0.3 is 0 Å². The first kappa shape index (κ1) is 34.8. The van der Waals surface area contributed by atoms with Crippen LogP contribution >= 0.6 is 23.2 Å². The van der Waals surface area contributed by atoms with Crippen molar-refractivity contribution < 1.29 is 22.7 Å². The third-order valence-corrected chi connectivity index (χ3v) is 9.38. The molecule has 0 radical (unpaired) electrons. The van der Waals surface area contributed by atoms with Gasteiger partial charge in [0.15, 0.2) is 0 Å². The van der Waals surface area contributed by atoms with Gasteiger partial charge in [-0.05, 0) is 92.6 Å². The summed E-state index contributed by atoms with van der Waals surface area (Å²) in [5.41, 5.74) is 1.82. The zero-order valence-corrected chi connectivity index (χ0v) is 28.2. The van der Waals surface area contributed by atoms with E-state index in [1.807, 2.05) is 51.1 Å². The predicted octanol–water partition coefficient (Wildman–Crippen LogP) is 6.75. The molecule has 242 valence electrons. The molecule has 0 saturated carbocycles. The van der Waals surface area contributed by atoms with Gasteiger partial charge in [-0.15, -0.1) is 0 Å². The molecule has 11 heteroatoms. The van der Waals surface area contributed by atoms with Crippen molar-refractivity contribution in [3.8, 4) is 5.75 Å². The highest BCUT2D eigenvalue weighted by Crippen LogP contribution is 2.28. The van der Waals surface area contributed by atoms with E-state index in [0.717, 1.165) is 15.4 Å².